The zero-order valence-corrected chi connectivity index (χ0v) is 7.53. The van der Waals surface area contributed by atoms with Crippen molar-refractivity contribution in [3.63, 3.8) is 0 Å². The smallest absolute Gasteiger partial charge is 0.344 e. The zero-order valence-electron chi connectivity index (χ0n) is 6.63. The van der Waals surface area contributed by atoms with Gasteiger partial charge in [0.1, 0.15) is 6.29 Å². The Morgan fingerprint density at radius 3 is 2.62 bits per heavy atom. The first-order chi connectivity index (χ1) is 5.90. The Morgan fingerprint density at radius 1 is 1.46 bits per heavy atom. The Labute approximate surface area is 73.9 Å². The van der Waals surface area contributed by atoms with E-state index in [1.807, 2.05) is 0 Å². The van der Waals surface area contributed by atoms with Crippen molar-refractivity contribution < 1.29 is 23.9 Å². The number of nitrogens with zero attached hydrogens (tertiary/aromatic N) is 1. The number of carbonyl (C=O) groups is 2. The highest BCUT2D eigenvalue weighted by molar-refractivity contribution is 7.51. The maximum Gasteiger partial charge on any atom is 0.344 e. The molecule has 0 aromatic heterocycles. The second kappa shape index (κ2) is 3.45. The van der Waals surface area contributed by atoms with Gasteiger partial charge in [-0.15, -0.1) is 0 Å². The number of hydrogen-bond acceptors (Lipinski definition) is 3. The Balaban J connectivity index is 2.65. The molecule has 0 aromatic carbocycles. The van der Waals surface area contributed by atoms with Crippen LogP contribution in [0.15, 0.2) is 0 Å². The first kappa shape index (κ1) is 10.2. The van der Waals surface area contributed by atoms with Crippen LogP contribution in [-0.2, 0) is 14.2 Å². The van der Waals surface area contributed by atoms with Crippen molar-refractivity contribution >= 4 is 19.4 Å². The van der Waals surface area contributed by atoms with Gasteiger partial charge in [-0.05, 0) is 0 Å². The van der Waals surface area contributed by atoms with Crippen molar-refractivity contribution in [3.8, 4) is 0 Å². The predicted octanol–water partition coefficient (Wildman–Crippen LogP) is -1.92. The van der Waals surface area contributed by atoms with E-state index in [0.717, 1.165) is 4.90 Å². The van der Waals surface area contributed by atoms with E-state index in [0.29, 0.717) is 0 Å². The summed E-state index contributed by atoms with van der Waals surface area (Å²) >= 11 is 0. The van der Waals surface area contributed by atoms with Crippen LogP contribution in [-0.4, -0.2) is 45.9 Å². The van der Waals surface area contributed by atoms with Gasteiger partial charge < -0.3 is 20.0 Å². The molecule has 2 amide bonds. The topological polar surface area (TPSA) is 107 Å². The fourth-order valence-electron chi connectivity index (χ4n) is 0.982. The summed E-state index contributed by atoms with van der Waals surface area (Å²) in [4.78, 5) is 39.7. The fraction of sp³-hybridized carbons (Fsp3) is 0.600. The van der Waals surface area contributed by atoms with E-state index in [1.54, 1.807) is 0 Å². The molecule has 13 heavy (non-hydrogen) atoms. The van der Waals surface area contributed by atoms with E-state index in [1.165, 1.54) is 0 Å². The van der Waals surface area contributed by atoms with Crippen LogP contribution in [0, 0.1) is 0 Å². The third-order valence-corrected chi connectivity index (χ3v) is 2.21. The molecule has 0 saturated carbocycles. The third-order valence-electron chi connectivity index (χ3n) is 1.50. The molecular formula is C5H9N2O5P. The van der Waals surface area contributed by atoms with Crippen molar-refractivity contribution in [2.75, 3.05) is 19.4 Å². The molecular weight excluding hydrogens is 199 g/mol. The molecule has 0 unspecified atom stereocenters. The highest BCUT2D eigenvalue weighted by Crippen LogP contribution is 2.35. The largest absolute Gasteiger partial charge is 0.346 e. The van der Waals surface area contributed by atoms with Crippen LogP contribution >= 0.6 is 7.60 Å². The molecule has 74 valence electrons. The van der Waals surface area contributed by atoms with Gasteiger partial charge in [0.15, 0.2) is 0 Å². The molecule has 3 N–H and O–H groups in total. The van der Waals surface area contributed by atoms with Crippen molar-refractivity contribution in [2.24, 2.45) is 0 Å². The minimum atomic E-state index is -4.27. The van der Waals surface area contributed by atoms with Crippen LogP contribution in [0.3, 0.4) is 0 Å². The van der Waals surface area contributed by atoms with Gasteiger partial charge in [0.25, 0.3) is 0 Å². The number of carbonyl (C=O) groups excluding carboxylic acids is 2. The lowest BCUT2D eigenvalue weighted by Crippen LogP contribution is -2.52. The SMILES string of the molecule is O=C1NCCN(CP(=O)(O)O)C1=O. The van der Waals surface area contributed by atoms with Gasteiger partial charge in [0.05, 0.1) is 0 Å². The van der Waals surface area contributed by atoms with E-state index >= 15 is 0 Å². The molecule has 1 saturated heterocycles. The maximum atomic E-state index is 11.0. The van der Waals surface area contributed by atoms with Gasteiger partial charge in [0, 0.05) is 13.1 Å². The minimum absolute atomic E-state index is 0.135. The Bertz CT molecular complexity index is 285. The summed E-state index contributed by atoms with van der Waals surface area (Å²) in [6, 6.07) is 0. The lowest BCUT2D eigenvalue weighted by Gasteiger charge is -2.26. The first-order valence-corrected chi connectivity index (χ1v) is 5.31. The first-order valence-electron chi connectivity index (χ1n) is 3.52. The van der Waals surface area contributed by atoms with Crippen molar-refractivity contribution in [2.45, 2.75) is 0 Å². The number of amides is 2. The Hall–Kier alpha value is -0.910. The average molecular weight is 208 g/mol. The van der Waals surface area contributed by atoms with Gasteiger partial charge in [-0.3, -0.25) is 14.2 Å². The summed E-state index contributed by atoms with van der Waals surface area (Å²) in [6.07, 6.45) is -0.695. The van der Waals surface area contributed by atoms with Crippen LogP contribution in [0.5, 0.6) is 0 Å². The predicted molar refractivity (Wildman–Crippen MR) is 41.6 cm³/mol. The Kier molecular flexibility index (Phi) is 2.70. The number of piperazine rings is 1. The second-order valence-electron chi connectivity index (χ2n) is 2.63. The molecule has 0 aromatic rings. The molecule has 1 rings (SSSR count). The summed E-state index contributed by atoms with van der Waals surface area (Å²) in [7, 11) is -4.27. The van der Waals surface area contributed by atoms with Crippen LogP contribution in [0.25, 0.3) is 0 Å². The molecule has 1 aliphatic rings. The number of rotatable bonds is 2. The van der Waals surface area contributed by atoms with Crippen LogP contribution < -0.4 is 5.32 Å². The molecule has 0 aliphatic carbocycles. The fourth-order valence-corrected chi connectivity index (χ4v) is 1.70. The maximum absolute atomic E-state index is 11.0. The molecule has 0 bridgehead atoms. The average Bonchev–Trinajstić information content (AvgIpc) is 1.96. The molecule has 1 aliphatic heterocycles. The second-order valence-corrected chi connectivity index (χ2v) is 4.24. The van der Waals surface area contributed by atoms with E-state index in [2.05, 4.69) is 5.32 Å². The summed E-state index contributed by atoms with van der Waals surface area (Å²) in [5, 5.41) is 2.26. The van der Waals surface area contributed by atoms with E-state index in [9.17, 15) is 14.2 Å². The highest BCUT2D eigenvalue weighted by atomic mass is 31.2. The monoisotopic (exact) mass is 208 g/mol. The Morgan fingerprint density at radius 2 is 2.08 bits per heavy atom. The normalized spacial score (nSPS) is 18.8. The molecule has 0 radical (unpaired) electrons. The molecule has 1 fully saturated rings. The van der Waals surface area contributed by atoms with Gasteiger partial charge in [-0.25, -0.2) is 0 Å². The van der Waals surface area contributed by atoms with E-state index in [4.69, 9.17) is 9.79 Å². The molecule has 7 nitrogen and oxygen atoms in total. The molecule has 0 spiro atoms. The summed E-state index contributed by atoms with van der Waals surface area (Å²) in [6.45, 7) is 0.361. The number of nitrogens with one attached hydrogen (secondary N) is 1. The molecule has 8 heteroatoms. The minimum Gasteiger partial charge on any atom is -0.346 e. The number of hydrogen-bond donors (Lipinski definition) is 3. The van der Waals surface area contributed by atoms with Crippen LogP contribution in [0.1, 0.15) is 0 Å². The van der Waals surface area contributed by atoms with Gasteiger partial charge in [-0.1, -0.05) is 0 Å². The van der Waals surface area contributed by atoms with E-state index in [-0.39, 0.29) is 13.1 Å². The highest BCUT2D eigenvalue weighted by Gasteiger charge is 2.30. The van der Waals surface area contributed by atoms with Crippen LogP contribution in [0.4, 0.5) is 0 Å². The van der Waals surface area contributed by atoms with Crippen molar-refractivity contribution in [1.29, 1.82) is 0 Å². The molecule has 1 heterocycles. The van der Waals surface area contributed by atoms with Gasteiger partial charge in [0.2, 0.25) is 0 Å². The zero-order chi connectivity index (χ0) is 10.1. The van der Waals surface area contributed by atoms with Gasteiger partial charge in [-0.2, -0.15) is 0 Å². The standard InChI is InChI=1S/C5H9N2O5P/c8-4-5(9)7(2-1-6-4)3-13(10,11)12/h1-3H2,(H,6,8)(H2,10,11,12). The van der Waals surface area contributed by atoms with Crippen molar-refractivity contribution in [1.82, 2.24) is 10.2 Å². The van der Waals surface area contributed by atoms with Crippen molar-refractivity contribution in [3.05, 3.63) is 0 Å². The van der Waals surface area contributed by atoms with E-state index < -0.39 is 25.7 Å². The lowest BCUT2D eigenvalue weighted by atomic mass is 10.4. The lowest BCUT2D eigenvalue weighted by molar-refractivity contribution is -0.147. The molecule has 0 atom stereocenters. The summed E-state index contributed by atoms with van der Waals surface area (Å²) in [5.74, 6) is -1.71. The van der Waals surface area contributed by atoms with Gasteiger partial charge >= 0.3 is 19.4 Å². The summed E-state index contributed by atoms with van der Waals surface area (Å²) < 4.78 is 10.5. The van der Waals surface area contributed by atoms with Crippen LogP contribution in [0.2, 0.25) is 0 Å². The summed E-state index contributed by atoms with van der Waals surface area (Å²) in [5.41, 5.74) is 0. The third kappa shape index (κ3) is 2.80. The quantitative estimate of drug-likeness (QED) is 0.362.